The van der Waals surface area contributed by atoms with Gasteiger partial charge in [0.1, 0.15) is 4.99 Å². The normalized spacial score (nSPS) is 17.1. The van der Waals surface area contributed by atoms with E-state index in [0.717, 1.165) is 35.0 Å². The first-order chi connectivity index (χ1) is 10.1. The second-order valence-electron chi connectivity index (χ2n) is 5.38. The highest BCUT2D eigenvalue weighted by Gasteiger charge is 2.19. The zero-order chi connectivity index (χ0) is 14.8. The van der Waals surface area contributed by atoms with E-state index in [2.05, 4.69) is 45.5 Å². The summed E-state index contributed by atoms with van der Waals surface area (Å²) in [5.41, 5.74) is 10.7. The molecule has 4 heteroatoms. The Labute approximate surface area is 138 Å². The van der Waals surface area contributed by atoms with Crippen molar-refractivity contribution in [2.75, 3.05) is 5.32 Å². The second kappa shape index (κ2) is 6.16. The molecule has 0 heterocycles. The molecule has 108 valence electrons. The van der Waals surface area contributed by atoms with Gasteiger partial charge in [-0.05, 0) is 58.5 Å². The number of nitrogens with one attached hydrogen (secondary N) is 1. The molecule has 1 aliphatic rings. The van der Waals surface area contributed by atoms with E-state index < -0.39 is 0 Å². The average molecular weight is 361 g/mol. The molecule has 2 nitrogen and oxygen atoms in total. The van der Waals surface area contributed by atoms with Crippen LogP contribution in [0, 0.1) is 0 Å². The Kier molecular flexibility index (Phi) is 4.27. The van der Waals surface area contributed by atoms with Crippen molar-refractivity contribution in [1.82, 2.24) is 0 Å². The Morgan fingerprint density at radius 1 is 1.14 bits per heavy atom. The predicted octanol–water partition coefficient (Wildman–Crippen LogP) is 4.05. The second-order valence-corrected chi connectivity index (χ2v) is 6.67. The number of hydrogen-bond donors (Lipinski definition) is 2. The lowest BCUT2D eigenvalue weighted by molar-refractivity contribution is 0.611. The Morgan fingerprint density at radius 2 is 1.90 bits per heavy atom. The van der Waals surface area contributed by atoms with Crippen molar-refractivity contribution in [3.63, 3.8) is 0 Å². The molecule has 0 amide bonds. The van der Waals surface area contributed by atoms with Crippen molar-refractivity contribution in [1.29, 1.82) is 0 Å². The SMILES string of the molecule is NC(=S)c1c(Br)cccc1NC1CCc2ccccc2C1. The van der Waals surface area contributed by atoms with Crippen LogP contribution in [0.15, 0.2) is 46.9 Å². The molecule has 1 aliphatic carbocycles. The standard InChI is InChI=1S/C17H17BrN2S/c18-14-6-3-7-15(16(14)17(19)21)20-13-9-8-11-4-1-2-5-12(11)10-13/h1-7,13,20H,8-10H2,(H2,19,21). The fraction of sp³-hybridized carbons (Fsp3) is 0.235. The zero-order valence-corrected chi connectivity index (χ0v) is 14.0. The minimum atomic E-state index is 0.418. The number of fused-ring (bicyclic) bond motifs is 1. The van der Waals surface area contributed by atoms with Crippen LogP contribution in [0.25, 0.3) is 0 Å². The molecule has 1 unspecified atom stereocenters. The van der Waals surface area contributed by atoms with Crippen molar-refractivity contribution in [3.05, 3.63) is 63.6 Å². The van der Waals surface area contributed by atoms with Gasteiger partial charge in [-0.3, -0.25) is 0 Å². The largest absolute Gasteiger partial charge is 0.389 e. The van der Waals surface area contributed by atoms with E-state index in [-0.39, 0.29) is 0 Å². The van der Waals surface area contributed by atoms with Crippen molar-refractivity contribution in [2.24, 2.45) is 5.73 Å². The van der Waals surface area contributed by atoms with E-state index in [9.17, 15) is 0 Å². The number of aryl methyl sites for hydroxylation is 1. The smallest absolute Gasteiger partial charge is 0.107 e. The van der Waals surface area contributed by atoms with Crippen molar-refractivity contribution < 1.29 is 0 Å². The highest BCUT2D eigenvalue weighted by atomic mass is 79.9. The van der Waals surface area contributed by atoms with Gasteiger partial charge in [0, 0.05) is 21.8 Å². The molecule has 3 N–H and O–H groups in total. The lowest BCUT2D eigenvalue weighted by Crippen LogP contribution is -2.28. The maximum atomic E-state index is 5.86. The highest BCUT2D eigenvalue weighted by molar-refractivity contribution is 9.10. The van der Waals surface area contributed by atoms with Gasteiger partial charge in [0.05, 0.1) is 0 Å². The minimum Gasteiger partial charge on any atom is -0.389 e. The number of thiocarbonyl (C=S) groups is 1. The first kappa shape index (κ1) is 14.5. The van der Waals surface area contributed by atoms with Crippen LogP contribution in [-0.2, 0) is 12.8 Å². The van der Waals surface area contributed by atoms with Gasteiger partial charge in [0.25, 0.3) is 0 Å². The highest BCUT2D eigenvalue weighted by Crippen LogP contribution is 2.28. The molecule has 1 atom stereocenters. The average Bonchev–Trinajstić information content (AvgIpc) is 2.47. The van der Waals surface area contributed by atoms with Crippen LogP contribution >= 0.6 is 28.1 Å². The molecular formula is C17H17BrN2S. The summed E-state index contributed by atoms with van der Waals surface area (Å²) in [4.78, 5) is 0.418. The van der Waals surface area contributed by atoms with Crippen LogP contribution in [0.5, 0.6) is 0 Å². The van der Waals surface area contributed by atoms with Gasteiger partial charge in [0.15, 0.2) is 0 Å². The van der Waals surface area contributed by atoms with E-state index >= 15 is 0 Å². The van der Waals surface area contributed by atoms with E-state index in [4.69, 9.17) is 18.0 Å². The van der Waals surface area contributed by atoms with E-state index in [1.165, 1.54) is 11.1 Å². The topological polar surface area (TPSA) is 38.0 Å². The molecule has 0 fully saturated rings. The summed E-state index contributed by atoms with van der Waals surface area (Å²) in [7, 11) is 0. The quantitative estimate of drug-likeness (QED) is 0.810. The Balaban J connectivity index is 1.83. The number of halogens is 1. The summed E-state index contributed by atoms with van der Waals surface area (Å²) in [6.45, 7) is 0. The van der Waals surface area contributed by atoms with Crippen LogP contribution in [0.1, 0.15) is 23.1 Å². The molecule has 3 rings (SSSR count). The summed E-state index contributed by atoms with van der Waals surface area (Å²) in [5.74, 6) is 0. The van der Waals surface area contributed by atoms with Gasteiger partial charge >= 0.3 is 0 Å². The predicted molar refractivity (Wildman–Crippen MR) is 95.9 cm³/mol. The molecule has 0 bridgehead atoms. The van der Waals surface area contributed by atoms with Crippen LogP contribution < -0.4 is 11.1 Å². The summed E-state index contributed by atoms with van der Waals surface area (Å²) in [5, 5.41) is 3.62. The number of benzene rings is 2. The minimum absolute atomic E-state index is 0.418. The molecule has 0 aromatic heterocycles. The molecule has 0 aliphatic heterocycles. The maximum absolute atomic E-state index is 5.86. The zero-order valence-electron chi connectivity index (χ0n) is 11.6. The van der Waals surface area contributed by atoms with Crippen molar-refractivity contribution in [3.8, 4) is 0 Å². The Morgan fingerprint density at radius 3 is 2.67 bits per heavy atom. The van der Waals surface area contributed by atoms with Crippen molar-refractivity contribution >= 4 is 38.8 Å². The first-order valence-corrected chi connectivity index (χ1v) is 8.27. The van der Waals surface area contributed by atoms with Gasteiger partial charge in [-0.15, -0.1) is 0 Å². The van der Waals surface area contributed by atoms with Gasteiger partial charge in [0.2, 0.25) is 0 Å². The van der Waals surface area contributed by atoms with E-state index in [1.807, 2.05) is 18.2 Å². The molecule has 0 spiro atoms. The summed E-state index contributed by atoms with van der Waals surface area (Å²) < 4.78 is 0.941. The van der Waals surface area contributed by atoms with Gasteiger partial charge in [-0.25, -0.2) is 0 Å². The van der Waals surface area contributed by atoms with Crippen LogP contribution in [0.4, 0.5) is 5.69 Å². The van der Waals surface area contributed by atoms with E-state index in [0.29, 0.717) is 11.0 Å². The Bertz CT molecular complexity index is 684. The van der Waals surface area contributed by atoms with Gasteiger partial charge < -0.3 is 11.1 Å². The fourth-order valence-electron chi connectivity index (χ4n) is 2.94. The Hall–Kier alpha value is -1.39. The third-order valence-corrected chi connectivity index (χ3v) is 4.83. The molecule has 2 aromatic rings. The molecule has 0 saturated heterocycles. The van der Waals surface area contributed by atoms with Gasteiger partial charge in [-0.1, -0.05) is 42.5 Å². The first-order valence-electron chi connectivity index (χ1n) is 7.07. The number of nitrogens with two attached hydrogens (primary N) is 1. The molecular weight excluding hydrogens is 344 g/mol. The third kappa shape index (κ3) is 3.11. The number of anilines is 1. The fourth-order valence-corrected chi connectivity index (χ4v) is 3.87. The number of rotatable bonds is 3. The lowest BCUT2D eigenvalue weighted by Gasteiger charge is -2.27. The maximum Gasteiger partial charge on any atom is 0.107 e. The molecule has 21 heavy (non-hydrogen) atoms. The van der Waals surface area contributed by atoms with Gasteiger partial charge in [-0.2, -0.15) is 0 Å². The summed E-state index contributed by atoms with van der Waals surface area (Å²) >= 11 is 8.71. The monoisotopic (exact) mass is 360 g/mol. The number of hydrogen-bond acceptors (Lipinski definition) is 2. The van der Waals surface area contributed by atoms with Crippen LogP contribution in [-0.4, -0.2) is 11.0 Å². The third-order valence-electron chi connectivity index (χ3n) is 3.97. The van der Waals surface area contributed by atoms with Crippen LogP contribution in [0.2, 0.25) is 0 Å². The van der Waals surface area contributed by atoms with Crippen LogP contribution in [0.3, 0.4) is 0 Å². The molecule has 0 saturated carbocycles. The van der Waals surface area contributed by atoms with Crippen molar-refractivity contribution in [2.45, 2.75) is 25.3 Å². The summed E-state index contributed by atoms with van der Waals surface area (Å²) in [6, 6.07) is 15.1. The molecule has 2 aromatic carbocycles. The lowest BCUT2D eigenvalue weighted by atomic mass is 9.88. The van der Waals surface area contributed by atoms with E-state index in [1.54, 1.807) is 0 Å². The summed E-state index contributed by atoms with van der Waals surface area (Å²) in [6.07, 6.45) is 3.28. The molecule has 0 radical (unpaired) electrons.